The van der Waals surface area contributed by atoms with Crippen molar-refractivity contribution in [2.24, 2.45) is 5.41 Å². The van der Waals surface area contributed by atoms with Crippen molar-refractivity contribution in [3.05, 3.63) is 58.1 Å². The standard InChI is InChI=1S/C25H32/c1-23(2,3)16-9-10-17-19-11-15-12-20(24(4,5)6)18(15)14-22(19)25(7,8)21(17)13-16/h9-11,13-14,20H,12H2,1-8H3. The third-order valence-electron chi connectivity index (χ3n) is 6.65. The second-order valence-corrected chi connectivity index (χ2v) is 10.9. The van der Waals surface area contributed by atoms with Crippen LogP contribution in [0.1, 0.15) is 89.1 Å². The molecule has 132 valence electrons. The van der Waals surface area contributed by atoms with Gasteiger partial charge in [0.2, 0.25) is 0 Å². The maximum atomic E-state index is 2.54. The Morgan fingerprint density at radius 1 is 0.840 bits per heavy atom. The molecule has 0 saturated heterocycles. The molecule has 2 aliphatic rings. The van der Waals surface area contributed by atoms with Crippen LogP contribution in [0.15, 0.2) is 30.3 Å². The van der Waals surface area contributed by atoms with Gasteiger partial charge in [-0.2, -0.15) is 0 Å². The van der Waals surface area contributed by atoms with Crippen LogP contribution in [0.5, 0.6) is 0 Å². The quantitative estimate of drug-likeness (QED) is 0.488. The molecule has 0 nitrogen and oxygen atoms in total. The van der Waals surface area contributed by atoms with Crippen molar-refractivity contribution < 1.29 is 0 Å². The number of hydrogen-bond donors (Lipinski definition) is 0. The van der Waals surface area contributed by atoms with E-state index in [0.717, 1.165) is 0 Å². The van der Waals surface area contributed by atoms with Crippen LogP contribution in [0.2, 0.25) is 0 Å². The second kappa shape index (κ2) is 4.78. The van der Waals surface area contributed by atoms with Gasteiger partial charge in [-0.15, -0.1) is 0 Å². The minimum absolute atomic E-state index is 0.0962. The predicted molar refractivity (Wildman–Crippen MR) is 109 cm³/mol. The van der Waals surface area contributed by atoms with E-state index in [1.165, 1.54) is 34.2 Å². The average molecular weight is 333 g/mol. The summed E-state index contributed by atoms with van der Waals surface area (Å²) in [6, 6.07) is 12.2. The Morgan fingerprint density at radius 3 is 2.08 bits per heavy atom. The molecule has 0 N–H and O–H groups in total. The minimum atomic E-state index is 0.0962. The van der Waals surface area contributed by atoms with Gasteiger partial charge < -0.3 is 0 Å². The number of hydrogen-bond acceptors (Lipinski definition) is 0. The average Bonchev–Trinajstić information content (AvgIpc) is 2.66. The van der Waals surface area contributed by atoms with E-state index in [4.69, 9.17) is 0 Å². The van der Waals surface area contributed by atoms with Crippen molar-refractivity contribution in [2.45, 2.75) is 78.6 Å². The molecule has 0 saturated carbocycles. The maximum Gasteiger partial charge on any atom is 0.0159 e. The van der Waals surface area contributed by atoms with Crippen molar-refractivity contribution in [1.82, 2.24) is 0 Å². The van der Waals surface area contributed by atoms with Crippen LogP contribution in [0.4, 0.5) is 0 Å². The van der Waals surface area contributed by atoms with E-state index in [1.54, 1.807) is 11.1 Å². The van der Waals surface area contributed by atoms with Gasteiger partial charge in [0.25, 0.3) is 0 Å². The lowest BCUT2D eigenvalue weighted by Gasteiger charge is -2.41. The Balaban J connectivity index is 1.88. The lowest BCUT2D eigenvalue weighted by molar-refractivity contribution is 0.291. The molecule has 0 heteroatoms. The summed E-state index contributed by atoms with van der Waals surface area (Å²) in [5.41, 5.74) is 11.2. The molecule has 2 aromatic carbocycles. The first kappa shape index (κ1) is 16.9. The van der Waals surface area contributed by atoms with Crippen LogP contribution in [-0.2, 0) is 17.3 Å². The summed E-state index contributed by atoms with van der Waals surface area (Å²) in [6.07, 6.45) is 1.24. The van der Waals surface area contributed by atoms with Gasteiger partial charge in [0, 0.05) is 5.41 Å². The zero-order valence-corrected chi connectivity index (χ0v) is 17.2. The fourth-order valence-corrected chi connectivity index (χ4v) is 4.78. The molecule has 1 unspecified atom stereocenters. The summed E-state index contributed by atoms with van der Waals surface area (Å²) < 4.78 is 0. The van der Waals surface area contributed by atoms with Gasteiger partial charge in [-0.05, 0) is 62.1 Å². The van der Waals surface area contributed by atoms with Crippen LogP contribution < -0.4 is 0 Å². The summed E-state index contributed by atoms with van der Waals surface area (Å²) in [4.78, 5) is 0. The van der Waals surface area contributed by atoms with Gasteiger partial charge >= 0.3 is 0 Å². The second-order valence-electron chi connectivity index (χ2n) is 10.9. The Labute approximate surface area is 153 Å². The van der Waals surface area contributed by atoms with Crippen LogP contribution in [0.25, 0.3) is 11.1 Å². The first-order chi connectivity index (χ1) is 11.4. The van der Waals surface area contributed by atoms with E-state index in [2.05, 4.69) is 85.7 Å². The lowest BCUT2D eigenvalue weighted by Crippen LogP contribution is -2.30. The van der Waals surface area contributed by atoms with E-state index in [9.17, 15) is 0 Å². The first-order valence-corrected chi connectivity index (χ1v) is 9.73. The molecule has 0 radical (unpaired) electrons. The zero-order chi connectivity index (χ0) is 18.4. The predicted octanol–water partition coefficient (Wildman–Crippen LogP) is 6.98. The van der Waals surface area contributed by atoms with E-state index in [-0.39, 0.29) is 10.8 Å². The van der Waals surface area contributed by atoms with Crippen molar-refractivity contribution in [3.8, 4) is 11.1 Å². The Morgan fingerprint density at radius 2 is 1.48 bits per heavy atom. The fraction of sp³-hybridized carbons (Fsp3) is 0.520. The monoisotopic (exact) mass is 332 g/mol. The Kier molecular flexibility index (Phi) is 3.23. The highest BCUT2D eigenvalue weighted by molar-refractivity contribution is 5.82. The molecule has 2 aromatic rings. The van der Waals surface area contributed by atoms with E-state index in [1.807, 2.05) is 0 Å². The summed E-state index contributed by atoms with van der Waals surface area (Å²) in [6.45, 7) is 18.9. The topological polar surface area (TPSA) is 0 Å². The van der Waals surface area contributed by atoms with Gasteiger partial charge in [-0.3, -0.25) is 0 Å². The maximum absolute atomic E-state index is 2.54. The number of benzene rings is 2. The molecular weight excluding hydrogens is 300 g/mol. The molecule has 0 fully saturated rings. The Hall–Kier alpha value is -1.56. The van der Waals surface area contributed by atoms with Gasteiger partial charge in [-0.1, -0.05) is 85.7 Å². The molecule has 4 rings (SSSR count). The lowest BCUT2D eigenvalue weighted by atomic mass is 9.63. The van der Waals surface area contributed by atoms with Crippen LogP contribution in [0.3, 0.4) is 0 Å². The van der Waals surface area contributed by atoms with Gasteiger partial charge in [0.1, 0.15) is 0 Å². The summed E-state index contributed by atoms with van der Waals surface area (Å²) in [5, 5.41) is 0. The van der Waals surface area contributed by atoms with E-state index >= 15 is 0 Å². The molecule has 25 heavy (non-hydrogen) atoms. The molecule has 0 heterocycles. The normalized spacial score (nSPS) is 20.6. The van der Waals surface area contributed by atoms with Crippen molar-refractivity contribution >= 4 is 0 Å². The Bertz CT molecular complexity index is 866. The fourth-order valence-electron chi connectivity index (χ4n) is 4.78. The van der Waals surface area contributed by atoms with Gasteiger partial charge in [0.15, 0.2) is 0 Å². The van der Waals surface area contributed by atoms with Crippen molar-refractivity contribution in [2.75, 3.05) is 0 Å². The number of rotatable bonds is 0. The van der Waals surface area contributed by atoms with Gasteiger partial charge in [-0.25, -0.2) is 0 Å². The molecule has 2 aliphatic carbocycles. The van der Waals surface area contributed by atoms with Crippen molar-refractivity contribution in [3.63, 3.8) is 0 Å². The largest absolute Gasteiger partial charge is 0.0596 e. The highest BCUT2D eigenvalue weighted by Crippen LogP contribution is 2.55. The van der Waals surface area contributed by atoms with Gasteiger partial charge in [0.05, 0.1) is 0 Å². The highest BCUT2D eigenvalue weighted by atomic mass is 14.5. The summed E-state index contributed by atoms with van der Waals surface area (Å²) in [5.74, 6) is 0.706. The van der Waals surface area contributed by atoms with E-state index < -0.39 is 0 Å². The molecule has 0 spiro atoms. The van der Waals surface area contributed by atoms with Crippen molar-refractivity contribution in [1.29, 1.82) is 0 Å². The molecule has 1 atom stereocenters. The molecule has 0 amide bonds. The first-order valence-electron chi connectivity index (χ1n) is 9.73. The molecule has 0 aliphatic heterocycles. The van der Waals surface area contributed by atoms with Crippen LogP contribution >= 0.6 is 0 Å². The third kappa shape index (κ3) is 2.33. The molecule has 0 bridgehead atoms. The third-order valence-corrected chi connectivity index (χ3v) is 6.65. The van der Waals surface area contributed by atoms with Crippen LogP contribution in [0, 0.1) is 5.41 Å². The summed E-state index contributed by atoms with van der Waals surface area (Å²) >= 11 is 0. The molecule has 0 aromatic heterocycles. The zero-order valence-electron chi connectivity index (χ0n) is 17.2. The minimum Gasteiger partial charge on any atom is -0.0596 e. The molecular formula is C25H32. The summed E-state index contributed by atoms with van der Waals surface area (Å²) in [7, 11) is 0. The SMILES string of the molecule is CC(C)(C)c1ccc2c(c1)C(C)(C)c1cc3c(cc1-2)CC3C(C)(C)C. The number of fused-ring (bicyclic) bond motifs is 4. The van der Waals surface area contributed by atoms with E-state index in [0.29, 0.717) is 11.3 Å². The van der Waals surface area contributed by atoms with Crippen LogP contribution in [-0.4, -0.2) is 0 Å². The highest BCUT2D eigenvalue weighted by Gasteiger charge is 2.41. The smallest absolute Gasteiger partial charge is 0.0159 e.